The molecule has 0 atom stereocenters. The molecule has 0 bridgehead atoms. The maximum atomic E-state index is 13.8. The molecule has 1 aromatic carbocycles. The maximum absolute atomic E-state index is 13.8. The lowest BCUT2D eigenvalue weighted by molar-refractivity contribution is 0.0725. The molecule has 2 aliphatic rings. The van der Waals surface area contributed by atoms with E-state index in [1.165, 1.54) is 11.1 Å². The van der Waals surface area contributed by atoms with Gasteiger partial charge in [-0.25, -0.2) is 0 Å². The minimum Gasteiger partial charge on any atom is -0.333 e. The lowest BCUT2D eigenvalue weighted by Crippen LogP contribution is -2.37. The first kappa shape index (κ1) is 21.7. The molecule has 0 saturated carbocycles. The van der Waals surface area contributed by atoms with Crippen LogP contribution in [0.15, 0.2) is 73.1 Å². The summed E-state index contributed by atoms with van der Waals surface area (Å²) >= 11 is 0. The number of aromatic nitrogens is 4. The summed E-state index contributed by atoms with van der Waals surface area (Å²) in [4.78, 5) is 27.1. The van der Waals surface area contributed by atoms with Gasteiger partial charge in [-0.15, -0.1) is 0 Å². The van der Waals surface area contributed by atoms with Crippen molar-refractivity contribution >= 4 is 5.91 Å². The zero-order valence-electron chi connectivity index (χ0n) is 19.7. The van der Waals surface area contributed by atoms with Crippen LogP contribution in [0, 0.1) is 0 Å². The first-order valence-corrected chi connectivity index (χ1v) is 12.2. The summed E-state index contributed by atoms with van der Waals surface area (Å²) in [6, 6.07) is 20.3. The van der Waals surface area contributed by atoms with Crippen LogP contribution in [0.3, 0.4) is 0 Å². The Hall–Kier alpha value is -3.84. The average molecular weight is 465 g/mol. The molecule has 5 heterocycles. The normalized spacial score (nSPS) is 15.5. The van der Waals surface area contributed by atoms with Gasteiger partial charge in [0.05, 0.1) is 17.9 Å². The van der Waals surface area contributed by atoms with Crippen LogP contribution >= 0.6 is 0 Å². The zero-order valence-corrected chi connectivity index (χ0v) is 19.7. The molecular formula is C28H28N6O. The van der Waals surface area contributed by atoms with Crippen molar-refractivity contribution in [2.24, 2.45) is 0 Å². The summed E-state index contributed by atoms with van der Waals surface area (Å²) in [6.45, 7) is 4.28. The number of carbonyl (C=O) groups excluding carboxylic acids is 1. The Balaban J connectivity index is 1.31. The first-order valence-electron chi connectivity index (χ1n) is 12.2. The molecule has 7 heteroatoms. The van der Waals surface area contributed by atoms with E-state index in [1.807, 2.05) is 52.2 Å². The van der Waals surface area contributed by atoms with Gasteiger partial charge in [0, 0.05) is 62.8 Å². The van der Waals surface area contributed by atoms with Gasteiger partial charge in [-0.05, 0) is 41.8 Å². The van der Waals surface area contributed by atoms with Gasteiger partial charge in [-0.3, -0.25) is 24.3 Å². The fraction of sp³-hybridized carbons (Fsp3) is 0.286. The van der Waals surface area contributed by atoms with E-state index in [2.05, 4.69) is 39.1 Å². The molecule has 0 spiro atoms. The Morgan fingerprint density at radius 1 is 0.771 bits per heavy atom. The predicted molar refractivity (Wildman–Crippen MR) is 133 cm³/mol. The van der Waals surface area contributed by atoms with Crippen LogP contribution in [0.5, 0.6) is 0 Å². The number of nitrogens with zero attached hydrogens (tertiary/aromatic N) is 6. The van der Waals surface area contributed by atoms with Gasteiger partial charge < -0.3 is 4.90 Å². The molecule has 35 heavy (non-hydrogen) atoms. The Morgan fingerprint density at radius 3 is 2.23 bits per heavy atom. The van der Waals surface area contributed by atoms with Crippen molar-refractivity contribution in [3.05, 3.63) is 113 Å². The summed E-state index contributed by atoms with van der Waals surface area (Å²) in [7, 11) is 0. The number of fused-ring (bicyclic) bond motifs is 2. The van der Waals surface area contributed by atoms with E-state index in [1.54, 1.807) is 6.20 Å². The summed E-state index contributed by atoms with van der Waals surface area (Å²) in [5.74, 6) is 0.0233. The van der Waals surface area contributed by atoms with E-state index in [4.69, 9.17) is 5.10 Å². The lowest BCUT2D eigenvalue weighted by atomic mass is 9.99. The van der Waals surface area contributed by atoms with Gasteiger partial charge in [0.25, 0.3) is 5.91 Å². The van der Waals surface area contributed by atoms with Crippen LogP contribution in [-0.2, 0) is 39.0 Å². The van der Waals surface area contributed by atoms with Crippen molar-refractivity contribution < 1.29 is 4.79 Å². The highest BCUT2D eigenvalue weighted by Gasteiger charge is 2.31. The lowest BCUT2D eigenvalue weighted by Gasteiger charge is -2.30. The number of hydrogen-bond acceptors (Lipinski definition) is 5. The van der Waals surface area contributed by atoms with Crippen LogP contribution in [0.1, 0.15) is 44.3 Å². The van der Waals surface area contributed by atoms with E-state index >= 15 is 0 Å². The molecule has 6 rings (SSSR count). The van der Waals surface area contributed by atoms with Crippen LogP contribution in [0.25, 0.3) is 0 Å². The zero-order chi connectivity index (χ0) is 23.6. The number of pyridine rings is 2. The van der Waals surface area contributed by atoms with Gasteiger partial charge in [0.15, 0.2) is 5.69 Å². The minimum absolute atomic E-state index is 0.0233. The quantitative estimate of drug-likeness (QED) is 0.452. The third kappa shape index (κ3) is 4.47. The standard InChI is InChI=1S/C28H28N6O/c35-28(33-16-11-21-7-1-2-8-22(21)17-33)27-25-20-32(18-23-9-3-5-13-29-23)15-12-26(25)34(31-27)19-24-10-4-6-14-30-24/h1-10,13-14H,11-12,15-20H2. The van der Waals surface area contributed by atoms with E-state index < -0.39 is 0 Å². The number of amides is 1. The number of carbonyl (C=O) groups is 1. The van der Waals surface area contributed by atoms with E-state index in [9.17, 15) is 4.79 Å². The molecule has 0 aliphatic carbocycles. The predicted octanol–water partition coefficient (Wildman–Crippen LogP) is 3.48. The molecule has 4 aromatic rings. The van der Waals surface area contributed by atoms with Crippen molar-refractivity contribution in [1.82, 2.24) is 29.5 Å². The van der Waals surface area contributed by atoms with Gasteiger partial charge in [-0.1, -0.05) is 36.4 Å². The highest BCUT2D eigenvalue weighted by Crippen LogP contribution is 2.27. The summed E-state index contributed by atoms with van der Waals surface area (Å²) in [5, 5.41) is 4.90. The molecule has 0 fully saturated rings. The number of benzene rings is 1. The van der Waals surface area contributed by atoms with Crippen molar-refractivity contribution in [2.75, 3.05) is 13.1 Å². The SMILES string of the molecule is O=C(c1nn(Cc2ccccn2)c2c1CN(Cc1ccccn1)CC2)N1CCc2ccccc2C1. The Morgan fingerprint density at radius 2 is 1.49 bits per heavy atom. The number of hydrogen-bond donors (Lipinski definition) is 0. The fourth-order valence-electron chi connectivity index (χ4n) is 5.17. The largest absolute Gasteiger partial charge is 0.333 e. The third-order valence-electron chi connectivity index (χ3n) is 6.98. The monoisotopic (exact) mass is 464 g/mol. The second kappa shape index (κ2) is 9.43. The van der Waals surface area contributed by atoms with E-state index in [0.29, 0.717) is 25.3 Å². The number of rotatable bonds is 5. The second-order valence-corrected chi connectivity index (χ2v) is 9.28. The van der Waals surface area contributed by atoms with E-state index in [0.717, 1.165) is 55.1 Å². The molecule has 0 saturated heterocycles. The van der Waals surface area contributed by atoms with Gasteiger partial charge >= 0.3 is 0 Å². The summed E-state index contributed by atoms with van der Waals surface area (Å²) in [5.41, 5.74) is 7.32. The van der Waals surface area contributed by atoms with Crippen LogP contribution < -0.4 is 0 Å². The van der Waals surface area contributed by atoms with Gasteiger partial charge in [0.1, 0.15) is 0 Å². The van der Waals surface area contributed by atoms with Crippen molar-refractivity contribution in [3.8, 4) is 0 Å². The highest BCUT2D eigenvalue weighted by molar-refractivity contribution is 5.94. The van der Waals surface area contributed by atoms with E-state index in [-0.39, 0.29) is 5.91 Å². The summed E-state index contributed by atoms with van der Waals surface area (Å²) in [6.07, 6.45) is 5.36. The van der Waals surface area contributed by atoms with Crippen LogP contribution in [0.4, 0.5) is 0 Å². The maximum Gasteiger partial charge on any atom is 0.275 e. The van der Waals surface area contributed by atoms with Crippen LogP contribution in [0.2, 0.25) is 0 Å². The molecule has 1 amide bonds. The Bertz CT molecular complexity index is 1330. The fourth-order valence-corrected chi connectivity index (χ4v) is 5.17. The Labute approximate surface area is 205 Å². The minimum atomic E-state index is 0.0233. The molecule has 3 aromatic heterocycles. The Kier molecular flexibility index (Phi) is 5.84. The summed E-state index contributed by atoms with van der Waals surface area (Å²) < 4.78 is 2.00. The molecule has 0 unspecified atom stereocenters. The molecule has 2 aliphatic heterocycles. The third-order valence-corrected chi connectivity index (χ3v) is 6.98. The van der Waals surface area contributed by atoms with Gasteiger partial charge in [-0.2, -0.15) is 5.10 Å². The van der Waals surface area contributed by atoms with Gasteiger partial charge in [0.2, 0.25) is 0 Å². The molecule has 176 valence electrons. The second-order valence-electron chi connectivity index (χ2n) is 9.28. The van der Waals surface area contributed by atoms with Crippen LogP contribution in [-0.4, -0.2) is 48.5 Å². The first-order chi connectivity index (χ1) is 17.2. The molecule has 0 radical (unpaired) electrons. The van der Waals surface area contributed by atoms with Crippen molar-refractivity contribution in [2.45, 2.75) is 39.0 Å². The molecular weight excluding hydrogens is 436 g/mol. The topological polar surface area (TPSA) is 67.2 Å². The smallest absolute Gasteiger partial charge is 0.275 e. The average Bonchev–Trinajstić information content (AvgIpc) is 3.26. The molecule has 7 nitrogen and oxygen atoms in total. The van der Waals surface area contributed by atoms with Crippen molar-refractivity contribution in [1.29, 1.82) is 0 Å². The highest BCUT2D eigenvalue weighted by atomic mass is 16.2. The van der Waals surface area contributed by atoms with Crippen molar-refractivity contribution in [3.63, 3.8) is 0 Å². The molecule has 0 N–H and O–H groups in total.